The van der Waals surface area contributed by atoms with Gasteiger partial charge in [0.05, 0.1) is 18.1 Å². The van der Waals surface area contributed by atoms with Crippen LogP contribution in [0.5, 0.6) is 5.75 Å². The molecule has 0 bridgehead atoms. The summed E-state index contributed by atoms with van der Waals surface area (Å²) in [6.07, 6.45) is 0.627. The Hall–Kier alpha value is -1.07. The molecule has 0 aliphatic rings. The minimum absolute atomic E-state index is 0.0546. The van der Waals surface area contributed by atoms with E-state index >= 15 is 0 Å². The molecule has 1 unspecified atom stereocenters. The van der Waals surface area contributed by atoms with Gasteiger partial charge in [-0.2, -0.15) is 0 Å². The zero-order valence-corrected chi connectivity index (χ0v) is 12.0. The first-order valence-electron chi connectivity index (χ1n) is 6.02. The number of sulfone groups is 1. The second-order valence-corrected chi connectivity index (χ2v) is 6.80. The molecule has 18 heavy (non-hydrogen) atoms. The van der Waals surface area contributed by atoms with Crippen molar-refractivity contribution in [2.45, 2.75) is 37.8 Å². The van der Waals surface area contributed by atoms with Crippen molar-refractivity contribution in [3.05, 3.63) is 29.3 Å². The number of rotatable bonds is 6. The van der Waals surface area contributed by atoms with E-state index in [2.05, 4.69) is 0 Å². The summed E-state index contributed by atoms with van der Waals surface area (Å²) in [5, 5.41) is -0.319. The molecule has 4 nitrogen and oxygen atoms in total. The molecular weight excluding hydrogens is 250 g/mol. The number of nitrogens with two attached hydrogens (primary N) is 1. The van der Waals surface area contributed by atoms with Crippen molar-refractivity contribution in [2.75, 3.05) is 7.11 Å². The van der Waals surface area contributed by atoms with Crippen molar-refractivity contribution >= 4 is 9.84 Å². The van der Waals surface area contributed by atoms with E-state index in [-0.39, 0.29) is 11.0 Å². The molecule has 0 aromatic heterocycles. The first-order valence-corrected chi connectivity index (χ1v) is 7.73. The van der Waals surface area contributed by atoms with Gasteiger partial charge in [-0.1, -0.05) is 13.0 Å². The predicted octanol–water partition coefficient (Wildman–Crippen LogP) is 1.87. The summed E-state index contributed by atoms with van der Waals surface area (Å²) in [6, 6.07) is 5.35. The third kappa shape index (κ3) is 3.46. The lowest BCUT2D eigenvalue weighted by molar-refractivity contribution is 0.409. The molecule has 1 aromatic carbocycles. The van der Waals surface area contributed by atoms with Gasteiger partial charge in [0.2, 0.25) is 0 Å². The van der Waals surface area contributed by atoms with Gasteiger partial charge in [0.15, 0.2) is 9.84 Å². The molecule has 0 aliphatic carbocycles. The van der Waals surface area contributed by atoms with Crippen molar-refractivity contribution < 1.29 is 13.2 Å². The molecule has 0 spiro atoms. The Bertz CT molecular complexity index is 497. The van der Waals surface area contributed by atoms with Crippen LogP contribution in [0.1, 0.15) is 31.4 Å². The van der Waals surface area contributed by atoms with E-state index in [9.17, 15) is 8.42 Å². The summed E-state index contributed by atoms with van der Waals surface area (Å²) in [5.74, 6) is 0.751. The summed E-state index contributed by atoms with van der Waals surface area (Å²) in [6.45, 7) is 3.95. The number of hydrogen-bond acceptors (Lipinski definition) is 4. The van der Waals surface area contributed by atoms with Gasteiger partial charge in [0, 0.05) is 12.1 Å². The fourth-order valence-electron chi connectivity index (χ4n) is 1.71. The van der Waals surface area contributed by atoms with Gasteiger partial charge >= 0.3 is 0 Å². The molecule has 1 aromatic rings. The highest BCUT2D eigenvalue weighted by atomic mass is 32.2. The van der Waals surface area contributed by atoms with E-state index in [0.717, 1.165) is 11.1 Å². The van der Waals surface area contributed by atoms with Crippen LogP contribution in [0.15, 0.2) is 18.2 Å². The fourth-order valence-corrected chi connectivity index (χ4v) is 3.15. The van der Waals surface area contributed by atoms with Gasteiger partial charge in [0.1, 0.15) is 5.75 Å². The second kappa shape index (κ2) is 6.20. The largest absolute Gasteiger partial charge is 0.496 e. The summed E-state index contributed by atoms with van der Waals surface area (Å²) >= 11 is 0. The average molecular weight is 271 g/mol. The van der Waals surface area contributed by atoms with Crippen LogP contribution in [0.2, 0.25) is 0 Å². The minimum atomic E-state index is -3.09. The molecule has 0 aliphatic heterocycles. The summed E-state index contributed by atoms with van der Waals surface area (Å²) in [4.78, 5) is 0. The summed E-state index contributed by atoms with van der Waals surface area (Å²) < 4.78 is 29.2. The quantitative estimate of drug-likeness (QED) is 0.857. The molecule has 2 N–H and O–H groups in total. The van der Waals surface area contributed by atoms with E-state index in [4.69, 9.17) is 10.5 Å². The van der Waals surface area contributed by atoms with Crippen LogP contribution < -0.4 is 10.5 Å². The first-order chi connectivity index (χ1) is 8.44. The smallest absolute Gasteiger partial charge is 0.157 e. The normalized spacial score (nSPS) is 13.3. The molecule has 0 saturated carbocycles. The molecule has 0 saturated heterocycles. The highest BCUT2D eigenvalue weighted by molar-refractivity contribution is 7.91. The lowest BCUT2D eigenvalue weighted by Crippen LogP contribution is -2.18. The third-order valence-electron chi connectivity index (χ3n) is 3.12. The van der Waals surface area contributed by atoms with Crippen LogP contribution in [0, 0.1) is 0 Å². The van der Waals surface area contributed by atoms with E-state index < -0.39 is 9.84 Å². The van der Waals surface area contributed by atoms with Crippen molar-refractivity contribution in [3.8, 4) is 5.75 Å². The highest BCUT2D eigenvalue weighted by Gasteiger charge is 2.19. The molecule has 0 radical (unpaired) electrons. The summed E-state index contributed by atoms with van der Waals surface area (Å²) in [5.41, 5.74) is 7.20. The Morgan fingerprint density at radius 3 is 2.56 bits per heavy atom. The van der Waals surface area contributed by atoms with Gasteiger partial charge in [-0.05, 0) is 31.0 Å². The molecule has 102 valence electrons. The lowest BCUT2D eigenvalue weighted by atomic mass is 10.1. The maximum absolute atomic E-state index is 12.0. The number of ether oxygens (including phenoxy) is 1. The highest BCUT2D eigenvalue weighted by Crippen LogP contribution is 2.21. The molecule has 0 fully saturated rings. The maximum Gasteiger partial charge on any atom is 0.157 e. The van der Waals surface area contributed by atoms with Crippen molar-refractivity contribution in [1.82, 2.24) is 0 Å². The predicted molar refractivity (Wildman–Crippen MR) is 73.3 cm³/mol. The number of methoxy groups -OCH3 is 1. The van der Waals surface area contributed by atoms with Gasteiger partial charge in [-0.15, -0.1) is 0 Å². The van der Waals surface area contributed by atoms with Gasteiger partial charge < -0.3 is 10.5 Å². The van der Waals surface area contributed by atoms with Crippen molar-refractivity contribution in [3.63, 3.8) is 0 Å². The Morgan fingerprint density at radius 2 is 2.06 bits per heavy atom. The van der Waals surface area contributed by atoms with Gasteiger partial charge in [-0.25, -0.2) is 8.42 Å². The van der Waals surface area contributed by atoms with Crippen molar-refractivity contribution in [2.24, 2.45) is 5.73 Å². The molecule has 1 rings (SSSR count). The molecular formula is C13H21NO3S. The monoisotopic (exact) mass is 271 g/mol. The SMILES string of the molecule is CCC(C)S(=O)(=O)Cc1ccc(OC)c(CN)c1. The molecule has 5 heteroatoms. The van der Waals surface area contributed by atoms with Crippen LogP contribution in [-0.4, -0.2) is 20.8 Å². The minimum Gasteiger partial charge on any atom is -0.496 e. The van der Waals surface area contributed by atoms with Gasteiger partial charge in [-0.3, -0.25) is 0 Å². The standard InChI is InChI=1S/C13H21NO3S/c1-4-10(2)18(15,16)9-11-5-6-13(17-3)12(7-11)8-14/h5-7,10H,4,8-9,14H2,1-3H3. The molecule has 0 heterocycles. The second-order valence-electron chi connectivity index (χ2n) is 4.38. The average Bonchev–Trinajstić information content (AvgIpc) is 2.36. The van der Waals surface area contributed by atoms with E-state index in [1.54, 1.807) is 32.2 Å². The Morgan fingerprint density at radius 1 is 1.39 bits per heavy atom. The Kier molecular flexibility index (Phi) is 5.16. The Labute approximate surface area is 109 Å². The van der Waals surface area contributed by atoms with Crippen LogP contribution in [0.3, 0.4) is 0 Å². The third-order valence-corrected chi connectivity index (χ3v) is 5.42. The van der Waals surface area contributed by atoms with Crippen molar-refractivity contribution in [1.29, 1.82) is 0 Å². The van der Waals surface area contributed by atoms with Crippen LogP contribution in [-0.2, 0) is 22.1 Å². The van der Waals surface area contributed by atoms with E-state index in [0.29, 0.717) is 18.7 Å². The van der Waals surface area contributed by atoms with Crippen LogP contribution in [0.4, 0.5) is 0 Å². The van der Waals surface area contributed by atoms with Gasteiger partial charge in [0.25, 0.3) is 0 Å². The number of hydrogen-bond donors (Lipinski definition) is 1. The van der Waals surface area contributed by atoms with Crippen LogP contribution in [0.25, 0.3) is 0 Å². The molecule has 0 amide bonds. The van der Waals surface area contributed by atoms with E-state index in [1.165, 1.54) is 0 Å². The topological polar surface area (TPSA) is 69.4 Å². The molecule has 1 atom stereocenters. The maximum atomic E-state index is 12.0. The Balaban J connectivity index is 2.99. The fraction of sp³-hybridized carbons (Fsp3) is 0.538. The van der Waals surface area contributed by atoms with Crippen LogP contribution >= 0.6 is 0 Å². The lowest BCUT2D eigenvalue weighted by Gasteiger charge is -2.12. The zero-order chi connectivity index (χ0) is 13.8. The zero-order valence-electron chi connectivity index (χ0n) is 11.1. The summed E-state index contributed by atoms with van der Waals surface area (Å²) in [7, 11) is -1.52. The number of benzene rings is 1. The van der Waals surface area contributed by atoms with E-state index in [1.807, 2.05) is 6.92 Å². The first kappa shape index (κ1) is 15.0.